The third-order valence-electron chi connectivity index (χ3n) is 3.95. The lowest BCUT2D eigenvalue weighted by Crippen LogP contribution is -2.56. The summed E-state index contributed by atoms with van der Waals surface area (Å²) < 4.78 is 0. The highest BCUT2D eigenvalue weighted by Crippen LogP contribution is 2.23. The number of nitrogens with one attached hydrogen (secondary N) is 2. The van der Waals surface area contributed by atoms with E-state index in [0.29, 0.717) is 0 Å². The lowest BCUT2D eigenvalue weighted by Gasteiger charge is -2.34. The summed E-state index contributed by atoms with van der Waals surface area (Å²) in [4.78, 5) is 12.4. The van der Waals surface area contributed by atoms with Gasteiger partial charge in [0.05, 0.1) is 5.54 Å². The molecule has 0 saturated carbocycles. The molecule has 0 saturated heterocycles. The van der Waals surface area contributed by atoms with E-state index in [1.165, 1.54) is 12.8 Å². The third-order valence-corrected chi connectivity index (χ3v) is 3.95. The second-order valence-electron chi connectivity index (χ2n) is 6.96. The molecule has 120 valence electrons. The van der Waals surface area contributed by atoms with Crippen molar-refractivity contribution in [2.75, 3.05) is 13.1 Å². The maximum atomic E-state index is 12.4. The minimum absolute atomic E-state index is 0.153. The molecule has 3 nitrogen and oxygen atoms in total. The molecule has 2 N–H and O–H groups in total. The summed E-state index contributed by atoms with van der Waals surface area (Å²) in [6, 6.07) is 0. The van der Waals surface area contributed by atoms with E-state index >= 15 is 0 Å². The largest absolute Gasteiger partial charge is 0.355 e. The van der Waals surface area contributed by atoms with Crippen LogP contribution in [-0.2, 0) is 4.79 Å². The van der Waals surface area contributed by atoms with Crippen molar-refractivity contribution < 1.29 is 4.79 Å². The van der Waals surface area contributed by atoms with Gasteiger partial charge in [0, 0.05) is 13.1 Å². The Morgan fingerprint density at radius 2 is 1.60 bits per heavy atom. The molecule has 0 rings (SSSR count). The minimum atomic E-state index is -0.434. The zero-order valence-corrected chi connectivity index (χ0v) is 14.6. The first kappa shape index (κ1) is 19.4. The Kier molecular flexibility index (Phi) is 9.11. The van der Waals surface area contributed by atoms with E-state index < -0.39 is 5.54 Å². The molecule has 0 aromatic carbocycles. The first-order valence-corrected chi connectivity index (χ1v) is 8.34. The standard InChI is InChI=1S/C17H36N2O/c1-7-10-12-17(6,15(20)18-13-9-3)19-14-16(4,5)11-8-2/h19H,7-14H2,1-6H3,(H,18,20). The van der Waals surface area contributed by atoms with Crippen LogP contribution in [0.3, 0.4) is 0 Å². The van der Waals surface area contributed by atoms with Gasteiger partial charge in [0.2, 0.25) is 5.91 Å². The van der Waals surface area contributed by atoms with E-state index in [2.05, 4.69) is 52.2 Å². The molecule has 0 aliphatic heterocycles. The van der Waals surface area contributed by atoms with Crippen molar-refractivity contribution in [1.29, 1.82) is 0 Å². The Morgan fingerprint density at radius 3 is 2.10 bits per heavy atom. The van der Waals surface area contributed by atoms with E-state index in [1.54, 1.807) is 0 Å². The van der Waals surface area contributed by atoms with Gasteiger partial charge in [-0.3, -0.25) is 4.79 Å². The van der Waals surface area contributed by atoms with Gasteiger partial charge in [-0.2, -0.15) is 0 Å². The summed E-state index contributed by atoms with van der Waals surface area (Å²) >= 11 is 0. The van der Waals surface area contributed by atoms with Crippen LogP contribution in [0.15, 0.2) is 0 Å². The van der Waals surface area contributed by atoms with Crippen LogP contribution in [-0.4, -0.2) is 24.5 Å². The maximum absolute atomic E-state index is 12.4. The van der Waals surface area contributed by atoms with E-state index in [1.807, 2.05) is 0 Å². The highest BCUT2D eigenvalue weighted by Gasteiger charge is 2.33. The normalized spacial score (nSPS) is 14.9. The van der Waals surface area contributed by atoms with Crippen molar-refractivity contribution in [2.45, 2.75) is 85.6 Å². The van der Waals surface area contributed by atoms with Crippen LogP contribution in [0.1, 0.15) is 80.1 Å². The molecule has 1 amide bonds. The number of rotatable bonds is 11. The van der Waals surface area contributed by atoms with Crippen molar-refractivity contribution in [1.82, 2.24) is 10.6 Å². The molecule has 0 aromatic heterocycles. The van der Waals surface area contributed by atoms with Gasteiger partial charge in [-0.25, -0.2) is 0 Å². The lowest BCUT2D eigenvalue weighted by molar-refractivity contribution is -0.127. The van der Waals surface area contributed by atoms with Crippen LogP contribution in [0.5, 0.6) is 0 Å². The summed E-state index contributed by atoms with van der Waals surface area (Å²) in [7, 11) is 0. The molecule has 0 aromatic rings. The SMILES string of the molecule is CCCCC(C)(NCC(C)(C)CCC)C(=O)NCCC. The van der Waals surface area contributed by atoms with E-state index in [-0.39, 0.29) is 11.3 Å². The summed E-state index contributed by atoms with van der Waals surface area (Å²) in [5, 5.41) is 6.60. The Labute approximate surface area is 126 Å². The highest BCUT2D eigenvalue weighted by molar-refractivity contribution is 5.85. The summed E-state index contributed by atoms with van der Waals surface area (Å²) in [6.07, 6.45) is 6.45. The van der Waals surface area contributed by atoms with Crippen LogP contribution >= 0.6 is 0 Å². The first-order valence-electron chi connectivity index (χ1n) is 8.34. The lowest BCUT2D eigenvalue weighted by atomic mass is 9.85. The zero-order chi connectivity index (χ0) is 15.6. The minimum Gasteiger partial charge on any atom is -0.355 e. The zero-order valence-electron chi connectivity index (χ0n) is 14.6. The Balaban J connectivity index is 4.64. The fourth-order valence-corrected chi connectivity index (χ4v) is 2.45. The van der Waals surface area contributed by atoms with Crippen molar-refractivity contribution in [3.05, 3.63) is 0 Å². The van der Waals surface area contributed by atoms with Gasteiger partial charge in [0.25, 0.3) is 0 Å². The van der Waals surface area contributed by atoms with Crippen LogP contribution in [0.4, 0.5) is 0 Å². The third kappa shape index (κ3) is 7.28. The number of carbonyl (C=O) groups excluding carboxylic acids is 1. The van der Waals surface area contributed by atoms with Crippen molar-refractivity contribution in [3.8, 4) is 0 Å². The Hall–Kier alpha value is -0.570. The van der Waals surface area contributed by atoms with Gasteiger partial charge in [-0.15, -0.1) is 0 Å². The molecule has 0 fully saturated rings. The average Bonchev–Trinajstić information content (AvgIpc) is 2.40. The molecular weight excluding hydrogens is 248 g/mol. The van der Waals surface area contributed by atoms with Gasteiger partial charge >= 0.3 is 0 Å². The quantitative estimate of drug-likeness (QED) is 0.604. The summed E-state index contributed by atoms with van der Waals surface area (Å²) in [5.74, 6) is 0.153. The van der Waals surface area contributed by atoms with Crippen LogP contribution < -0.4 is 10.6 Å². The highest BCUT2D eigenvalue weighted by atomic mass is 16.2. The average molecular weight is 284 g/mol. The molecule has 1 atom stereocenters. The smallest absolute Gasteiger partial charge is 0.240 e. The second-order valence-corrected chi connectivity index (χ2v) is 6.96. The summed E-state index contributed by atoms with van der Waals surface area (Å²) in [6.45, 7) is 14.7. The Morgan fingerprint density at radius 1 is 0.950 bits per heavy atom. The predicted molar refractivity (Wildman–Crippen MR) is 87.9 cm³/mol. The molecule has 1 unspecified atom stereocenters. The fraction of sp³-hybridized carbons (Fsp3) is 0.941. The maximum Gasteiger partial charge on any atom is 0.240 e. The molecule has 0 bridgehead atoms. The second kappa shape index (κ2) is 9.38. The van der Waals surface area contributed by atoms with Gasteiger partial charge < -0.3 is 10.6 Å². The Bertz CT molecular complexity index is 276. The van der Waals surface area contributed by atoms with Crippen LogP contribution in [0, 0.1) is 5.41 Å². The molecule has 0 heterocycles. The number of carbonyl (C=O) groups is 1. The van der Waals surface area contributed by atoms with Crippen LogP contribution in [0.25, 0.3) is 0 Å². The van der Waals surface area contributed by atoms with Crippen molar-refractivity contribution in [3.63, 3.8) is 0 Å². The van der Waals surface area contributed by atoms with E-state index in [0.717, 1.165) is 38.8 Å². The number of unbranched alkanes of at least 4 members (excludes halogenated alkanes) is 1. The number of hydrogen-bond acceptors (Lipinski definition) is 2. The topological polar surface area (TPSA) is 41.1 Å². The molecule has 3 heteroatoms. The monoisotopic (exact) mass is 284 g/mol. The van der Waals surface area contributed by atoms with Gasteiger partial charge in [0.1, 0.15) is 0 Å². The van der Waals surface area contributed by atoms with Crippen LogP contribution in [0.2, 0.25) is 0 Å². The fourth-order valence-electron chi connectivity index (χ4n) is 2.45. The van der Waals surface area contributed by atoms with E-state index in [4.69, 9.17) is 0 Å². The molecule has 0 aliphatic rings. The van der Waals surface area contributed by atoms with Gasteiger partial charge in [0.15, 0.2) is 0 Å². The van der Waals surface area contributed by atoms with Crippen molar-refractivity contribution in [2.24, 2.45) is 5.41 Å². The molecule has 0 aliphatic carbocycles. The molecule has 0 spiro atoms. The van der Waals surface area contributed by atoms with Gasteiger partial charge in [-0.1, -0.05) is 53.9 Å². The first-order chi connectivity index (χ1) is 9.31. The van der Waals surface area contributed by atoms with Gasteiger partial charge in [-0.05, 0) is 31.6 Å². The molecular formula is C17H36N2O. The van der Waals surface area contributed by atoms with Crippen molar-refractivity contribution >= 4 is 5.91 Å². The number of amides is 1. The predicted octanol–water partition coefficient (Wildman–Crippen LogP) is 3.88. The molecule has 20 heavy (non-hydrogen) atoms. The molecule has 0 radical (unpaired) electrons. The summed E-state index contributed by atoms with van der Waals surface area (Å²) in [5.41, 5.74) is -0.191. The van der Waals surface area contributed by atoms with E-state index in [9.17, 15) is 4.79 Å². The number of hydrogen-bond donors (Lipinski definition) is 2.